The molecule has 0 saturated heterocycles. The minimum Gasteiger partial charge on any atom is -0.352 e. The molecule has 0 radical (unpaired) electrons. The van der Waals surface area contributed by atoms with Gasteiger partial charge in [-0.1, -0.05) is 83.7 Å². The standard InChI is InChI=1S/C28H29Cl4N3O4S/c1-4-18(2)33-28(37)19(3)34(16-21-22(29)12-8-13-23(21)30)26(36)17-35(25-15-9-14-24(31)27(25)32)40(38,39)20-10-6-5-7-11-20/h5-15,18-19H,4,16-17H2,1-3H3,(H,33,37)/t18-,19+/m0/s1. The average Bonchev–Trinajstić information content (AvgIpc) is 2.93. The third kappa shape index (κ3) is 7.42. The van der Waals surface area contributed by atoms with Gasteiger partial charge < -0.3 is 10.2 Å². The van der Waals surface area contributed by atoms with Gasteiger partial charge in [0, 0.05) is 28.2 Å². The Morgan fingerprint density at radius 2 is 1.43 bits per heavy atom. The molecule has 0 aliphatic heterocycles. The summed E-state index contributed by atoms with van der Waals surface area (Å²) in [7, 11) is -4.29. The number of hydrogen-bond acceptors (Lipinski definition) is 4. The van der Waals surface area contributed by atoms with Gasteiger partial charge in [0.1, 0.15) is 12.6 Å². The van der Waals surface area contributed by atoms with Crippen molar-refractivity contribution < 1.29 is 18.0 Å². The number of carbonyl (C=O) groups excluding carboxylic acids is 2. The summed E-state index contributed by atoms with van der Waals surface area (Å²) in [5.41, 5.74) is 0.430. The SMILES string of the molecule is CC[C@H](C)NC(=O)[C@@H](C)N(Cc1c(Cl)cccc1Cl)C(=O)CN(c1cccc(Cl)c1Cl)S(=O)(=O)c1ccccc1. The van der Waals surface area contributed by atoms with Crippen molar-refractivity contribution in [2.45, 2.75) is 50.7 Å². The highest BCUT2D eigenvalue weighted by Crippen LogP contribution is 2.36. The van der Waals surface area contributed by atoms with Gasteiger partial charge in [-0.05, 0) is 56.7 Å². The smallest absolute Gasteiger partial charge is 0.264 e. The minimum absolute atomic E-state index is 0.0128. The number of carbonyl (C=O) groups is 2. The van der Waals surface area contributed by atoms with Crippen LogP contribution in [0, 0.1) is 0 Å². The normalized spacial score (nSPS) is 12.9. The van der Waals surface area contributed by atoms with E-state index in [1.54, 1.807) is 43.3 Å². The van der Waals surface area contributed by atoms with E-state index >= 15 is 0 Å². The number of nitrogens with zero attached hydrogens (tertiary/aromatic N) is 2. The minimum atomic E-state index is -4.29. The molecular weight excluding hydrogens is 616 g/mol. The summed E-state index contributed by atoms with van der Waals surface area (Å²) in [4.78, 5) is 28.3. The van der Waals surface area contributed by atoms with Crippen LogP contribution in [0.2, 0.25) is 20.1 Å². The van der Waals surface area contributed by atoms with Gasteiger partial charge in [-0.2, -0.15) is 0 Å². The van der Waals surface area contributed by atoms with Crippen molar-refractivity contribution >= 4 is 73.9 Å². The predicted molar refractivity (Wildman–Crippen MR) is 162 cm³/mol. The van der Waals surface area contributed by atoms with Crippen LogP contribution < -0.4 is 9.62 Å². The summed E-state index contributed by atoms with van der Waals surface area (Å²) >= 11 is 25.5. The van der Waals surface area contributed by atoms with Crippen molar-refractivity contribution in [2.24, 2.45) is 0 Å². The van der Waals surface area contributed by atoms with E-state index in [0.29, 0.717) is 22.0 Å². The van der Waals surface area contributed by atoms with E-state index in [0.717, 1.165) is 4.31 Å². The van der Waals surface area contributed by atoms with Crippen LogP contribution >= 0.6 is 46.4 Å². The number of amides is 2. The molecule has 0 bridgehead atoms. The second-order valence-electron chi connectivity index (χ2n) is 9.11. The van der Waals surface area contributed by atoms with Crippen molar-refractivity contribution in [3.63, 3.8) is 0 Å². The van der Waals surface area contributed by atoms with E-state index in [4.69, 9.17) is 46.4 Å². The highest BCUT2D eigenvalue weighted by molar-refractivity contribution is 7.92. The summed E-state index contributed by atoms with van der Waals surface area (Å²) in [6.45, 7) is 4.50. The van der Waals surface area contributed by atoms with Crippen LogP contribution in [0.15, 0.2) is 71.6 Å². The second kappa shape index (κ2) is 13.9. The first kappa shape index (κ1) is 32.0. The van der Waals surface area contributed by atoms with E-state index in [1.165, 1.54) is 35.2 Å². The zero-order valence-electron chi connectivity index (χ0n) is 22.1. The lowest BCUT2D eigenvalue weighted by atomic mass is 10.1. The van der Waals surface area contributed by atoms with Crippen molar-refractivity contribution in [1.29, 1.82) is 0 Å². The first-order valence-corrected chi connectivity index (χ1v) is 15.4. The Morgan fingerprint density at radius 1 is 0.850 bits per heavy atom. The average molecular weight is 645 g/mol. The number of anilines is 1. The number of benzene rings is 3. The summed E-state index contributed by atoms with van der Waals surface area (Å²) in [6.07, 6.45) is 0.680. The number of hydrogen-bond donors (Lipinski definition) is 1. The molecule has 2 amide bonds. The zero-order chi connectivity index (χ0) is 29.6. The lowest BCUT2D eigenvalue weighted by Crippen LogP contribution is -2.52. The molecule has 3 aromatic carbocycles. The maximum atomic E-state index is 14.0. The van der Waals surface area contributed by atoms with Gasteiger partial charge in [-0.25, -0.2) is 8.42 Å². The highest BCUT2D eigenvalue weighted by Gasteiger charge is 2.34. The molecule has 12 heteroatoms. The van der Waals surface area contributed by atoms with Crippen molar-refractivity contribution in [3.8, 4) is 0 Å². The maximum Gasteiger partial charge on any atom is 0.264 e. The molecule has 0 aliphatic carbocycles. The molecule has 0 spiro atoms. The van der Waals surface area contributed by atoms with Crippen LogP contribution in [0.3, 0.4) is 0 Å². The van der Waals surface area contributed by atoms with E-state index in [1.807, 2.05) is 13.8 Å². The predicted octanol–water partition coefficient (Wildman–Crippen LogP) is 6.83. The molecule has 0 unspecified atom stereocenters. The zero-order valence-corrected chi connectivity index (χ0v) is 25.9. The fourth-order valence-electron chi connectivity index (χ4n) is 3.82. The molecule has 7 nitrogen and oxygen atoms in total. The summed E-state index contributed by atoms with van der Waals surface area (Å²) in [5.74, 6) is -1.09. The third-order valence-electron chi connectivity index (χ3n) is 6.37. The lowest BCUT2D eigenvalue weighted by Gasteiger charge is -2.33. The summed E-state index contributed by atoms with van der Waals surface area (Å²) in [6, 6.07) is 15.9. The van der Waals surface area contributed by atoms with Crippen LogP contribution in [0.1, 0.15) is 32.8 Å². The van der Waals surface area contributed by atoms with Crippen molar-refractivity contribution in [3.05, 3.63) is 92.4 Å². The van der Waals surface area contributed by atoms with Crippen LogP contribution in [0.25, 0.3) is 0 Å². The molecule has 0 heterocycles. The van der Waals surface area contributed by atoms with Crippen LogP contribution in [-0.2, 0) is 26.2 Å². The summed E-state index contributed by atoms with van der Waals surface area (Å²) < 4.78 is 28.6. The monoisotopic (exact) mass is 643 g/mol. The fraction of sp³-hybridized carbons (Fsp3) is 0.286. The third-order valence-corrected chi connectivity index (χ3v) is 9.66. The van der Waals surface area contributed by atoms with Crippen LogP contribution in [0.5, 0.6) is 0 Å². The molecule has 214 valence electrons. The maximum absolute atomic E-state index is 14.0. The number of rotatable bonds is 11. The highest BCUT2D eigenvalue weighted by atomic mass is 35.5. The molecule has 0 aliphatic rings. The van der Waals surface area contributed by atoms with Gasteiger partial charge in [0.05, 0.1) is 20.6 Å². The first-order chi connectivity index (χ1) is 18.9. The van der Waals surface area contributed by atoms with Gasteiger partial charge in [-0.3, -0.25) is 13.9 Å². The van der Waals surface area contributed by atoms with Crippen molar-refractivity contribution in [2.75, 3.05) is 10.8 Å². The molecular formula is C28H29Cl4N3O4S. The Labute approximate surface area is 255 Å². The Balaban J connectivity index is 2.10. The molecule has 40 heavy (non-hydrogen) atoms. The Hall–Kier alpha value is -2.49. The Bertz CT molecular complexity index is 1450. The van der Waals surface area contributed by atoms with Gasteiger partial charge in [0.15, 0.2) is 0 Å². The Morgan fingerprint density at radius 3 is 2.02 bits per heavy atom. The van der Waals surface area contributed by atoms with Crippen LogP contribution in [0.4, 0.5) is 5.69 Å². The number of halogens is 4. The fourth-order valence-corrected chi connectivity index (χ4v) is 6.23. The van der Waals surface area contributed by atoms with E-state index in [-0.39, 0.29) is 33.2 Å². The Kier molecular flexibility index (Phi) is 11.1. The van der Waals surface area contributed by atoms with Crippen LogP contribution in [-0.4, -0.2) is 43.8 Å². The molecule has 0 fully saturated rings. The van der Waals surface area contributed by atoms with Gasteiger partial charge >= 0.3 is 0 Å². The van der Waals surface area contributed by atoms with Crippen molar-refractivity contribution in [1.82, 2.24) is 10.2 Å². The van der Waals surface area contributed by atoms with Gasteiger partial charge in [0.2, 0.25) is 11.8 Å². The molecule has 0 aromatic heterocycles. The second-order valence-corrected chi connectivity index (χ2v) is 12.6. The summed E-state index contributed by atoms with van der Waals surface area (Å²) in [5, 5.41) is 3.53. The van der Waals surface area contributed by atoms with Gasteiger partial charge in [0.25, 0.3) is 10.0 Å². The quantitative estimate of drug-likeness (QED) is 0.248. The molecule has 3 aromatic rings. The van der Waals surface area contributed by atoms with E-state index in [2.05, 4.69) is 5.32 Å². The molecule has 3 rings (SSSR count). The molecule has 0 saturated carbocycles. The van der Waals surface area contributed by atoms with E-state index in [9.17, 15) is 18.0 Å². The molecule has 2 atom stereocenters. The van der Waals surface area contributed by atoms with Gasteiger partial charge in [-0.15, -0.1) is 0 Å². The lowest BCUT2D eigenvalue weighted by molar-refractivity contribution is -0.139. The topological polar surface area (TPSA) is 86.8 Å². The van der Waals surface area contributed by atoms with E-state index < -0.39 is 34.4 Å². The first-order valence-electron chi connectivity index (χ1n) is 12.4. The largest absolute Gasteiger partial charge is 0.352 e. The number of nitrogens with one attached hydrogen (secondary N) is 1. The number of sulfonamides is 1. The molecule has 1 N–H and O–H groups in total.